The number of hydrogen-bond donors (Lipinski definition) is 0. The van der Waals surface area contributed by atoms with Crippen LogP contribution < -0.4 is 14.4 Å². The van der Waals surface area contributed by atoms with Gasteiger partial charge in [0.05, 0.1) is 26.7 Å². The summed E-state index contributed by atoms with van der Waals surface area (Å²) in [5.41, 5.74) is 1.90. The van der Waals surface area contributed by atoms with Crippen LogP contribution in [0.4, 0.5) is 5.69 Å². The second kappa shape index (κ2) is 11.4. The van der Waals surface area contributed by atoms with Crippen LogP contribution in [-0.4, -0.2) is 79.3 Å². The molecule has 2 fully saturated rings. The average Bonchev–Trinajstić information content (AvgIpc) is 3.41. The molecule has 1 aromatic heterocycles. The van der Waals surface area contributed by atoms with Crippen molar-refractivity contribution in [2.75, 3.05) is 58.4 Å². The maximum atomic E-state index is 13.3. The second-order valence-corrected chi connectivity index (χ2v) is 9.88. The monoisotopic (exact) mass is 525 g/mol. The van der Waals surface area contributed by atoms with Gasteiger partial charge in [-0.3, -0.25) is 9.69 Å². The fourth-order valence-electron chi connectivity index (χ4n) is 5.12. The van der Waals surface area contributed by atoms with Crippen LogP contribution in [0.25, 0.3) is 11.4 Å². The van der Waals surface area contributed by atoms with Crippen molar-refractivity contribution < 1.29 is 18.8 Å². The van der Waals surface area contributed by atoms with Gasteiger partial charge in [-0.1, -0.05) is 22.8 Å². The fourth-order valence-corrected chi connectivity index (χ4v) is 5.30. The van der Waals surface area contributed by atoms with Gasteiger partial charge < -0.3 is 23.8 Å². The molecule has 5 rings (SSSR count). The Morgan fingerprint density at radius 3 is 2.62 bits per heavy atom. The van der Waals surface area contributed by atoms with E-state index < -0.39 is 0 Å². The lowest BCUT2D eigenvalue weighted by Crippen LogP contribution is -2.52. The minimum Gasteiger partial charge on any atom is -0.493 e. The number of likely N-dealkylation sites (tertiary alicyclic amines) is 1. The number of methoxy groups -OCH3 is 2. The van der Waals surface area contributed by atoms with Gasteiger partial charge in [0.15, 0.2) is 11.5 Å². The normalized spacial score (nSPS) is 18.6. The summed E-state index contributed by atoms with van der Waals surface area (Å²) in [5.74, 6) is 2.51. The summed E-state index contributed by atoms with van der Waals surface area (Å²) in [6.07, 6.45) is 1.88. The molecule has 0 N–H and O–H groups in total. The highest BCUT2D eigenvalue weighted by Crippen LogP contribution is 2.31. The number of rotatable bonds is 7. The summed E-state index contributed by atoms with van der Waals surface area (Å²) in [5, 5.41) is 4.88. The Morgan fingerprint density at radius 1 is 1.05 bits per heavy atom. The predicted molar refractivity (Wildman–Crippen MR) is 141 cm³/mol. The molecule has 2 aliphatic rings. The Kier molecular flexibility index (Phi) is 7.81. The Balaban J connectivity index is 1.16. The van der Waals surface area contributed by atoms with Gasteiger partial charge in [-0.25, -0.2) is 0 Å². The average molecular weight is 526 g/mol. The van der Waals surface area contributed by atoms with Crippen molar-refractivity contribution in [3.8, 4) is 22.9 Å². The molecule has 0 saturated carbocycles. The van der Waals surface area contributed by atoms with Crippen LogP contribution in [0.15, 0.2) is 47.0 Å². The molecular weight excluding hydrogens is 494 g/mol. The summed E-state index contributed by atoms with van der Waals surface area (Å²) in [6, 6.07) is 13.4. The molecule has 196 valence electrons. The maximum absolute atomic E-state index is 13.3. The van der Waals surface area contributed by atoms with Gasteiger partial charge >= 0.3 is 0 Å². The third-order valence-electron chi connectivity index (χ3n) is 7.09. The number of hydrogen-bond acceptors (Lipinski definition) is 8. The summed E-state index contributed by atoms with van der Waals surface area (Å²) in [6.45, 7) is 5.18. The number of carbonyl (C=O) groups is 1. The first kappa shape index (κ1) is 25.4. The highest BCUT2D eigenvalue weighted by molar-refractivity contribution is 6.30. The number of nitrogens with zero attached hydrogens (tertiary/aromatic N) is 5. The highest BCUT2D eigenvalue weighted by atomic mass is 35.5. The molecule has 1 atom stereocenters. The summed E-state index contributed by atoms with van der Waals surface area (Å²) >= 11 is 6.15. The van der Waals surface area contributed by atoms with Gasteiger partial charge in [0.2, 0.25) is 17.6 Å². The Labute approximate surface area is 221 Å². The van der Waals surface area contributed by atoms with E-state index in [2.05, 4.69) is 26.0 Å². The van der Waals surface area contributed by atoms with Gasteiger partial charge in [-0.2, -0.15) is 4.98 Å². The lowest BCUT2D eigenvalue weighted by Gasteiger charge is -2.39. The van der Waals surface area contributed by atoms with Crippen molar-refractivity contribution in [2.24, 2.45) is 5.92 Å². The zero-order valence-corrected chi connectivity index (χ0v) is 22.0. The van der Waals surface area contributed by atoms with Gasteiger partial charge in [0.25, 0.3) is 0 Å². The predicted octanol–water partition coefficient (Wildman–Crippen LogP) is 3.97. The van der Waals surface area contributed by atoms with Crippen molar-refractivity contribution in [1.82, 2.24) is 19.9 Å². The standard InChI is InChI=1S/C27H32ClN5O4/c1-35-23-9-8-19(15-24(23)36-2)26-29-25(37-30-26)18-31-10-4-5-20(17-31)27(34)33-13-11-32(12-14-33)22-7-3-6-21(28)16-22/h3,6-9,15-16,20H,4-5,10-14,17-18H2,1-2H3. The van der Waals surface area contributed by atoms with Crippen LogP contribution in [0, 0.1) is 5.92 Å². The molecule has 0 aliphatic carbocycles. The SMILES string of the molecule is COc1ccc(-c2noc(CN3CCCC(C(=O)N4CCN(c5cccc(Cl)c5)CC4)C3)n2)cc1OC. The number of carbonyl (C=O) groups excluding carboxylic acids is 1. The lowest BCUT2D eigenvalue weighted by molar-refractivity contribution is -0.137. The number of halogens is 1. The molecule has 0 radical (unpaired) electrons. The Morgan fingerprint density at radius 2 is 1.86 bits per heavy atom. The summed E-state index contributed by atoms with van der Waals surface area (Å²) in [4.78, 5) is 24.5. The van der Waals surface area contributed by atoms with E-state index in [1.807, 2.05) is 41.3 Å². The molecule has 37 heavy (non-hydrogen) atoms. The number of ether oxygens (including phenoxy) is 2. The van der Waals surface area contributed by atoms with Crippen molar-refractivity contribution in [2.45, 2.75) is 19.4 Å². The first-order valence-electron chi connectivity index (χ1n) is 12.6. The van der Waals surface area contributed by atoms with Crippen LogP contribution >= 0.6 is 11.6 Å². The van der Waals surface area contributed by atoms with E-state index in [1.54, 1.807) is 14.2 Å². The van der Waals surface area contributed by atoms with Crippen molar-refractivity contribution in [1.29, 1.82) is 0 Å². The van der Waals surface area contributed by atoms with Gasteiger partial charge in [-0.05, 0) is 55.8 Å². The Bertz CT molecular complexity index is 1230. The zero-order chi connectivity index (χ0) is 25.8. The molecule has 3 heterocycles. The van der Waals surface area contributed by atoms with Crippen molar-refractivity contribution >= 4 is 23.2 Å². The zero-order valence-electron chi connectivity index (χ0n) is 21.2. The van der Waals surface area contributed by atoms with Crippen LogP contribution in [0.1, 0.15) is 18.7 Å². The van der Waals surface area contributed by atoms with Crippen LogP contribution in [0.2, 0.25) is 5.02 Å². The lowest BCUT2D eigenvalue weighted by atomic mass is 9.96. The number of piperazine rings is 1. The molecule has 1 amide bonds. The summed E-state index contributed by atoms with van der Waals surface area (Å²) in [7, 11) is 3.19. The molecule has 0 spiro atoms. The fraction of sp³-hybridized carbons (Fsp3) is 0.444. The molecule has 1 unspecified atom stereocenters. The van der Waals surface area contributed by atoms with Gasteiger partial charge in [0, 0.05) is 49.0 Å². The van der Waals surface area contributed by atoms with Gasteiger partial charge in [-0.15, -0.1) is 0 Å². The van der Waals surface area contributed by atoms with Gasteiger partial charge in [0.1, 0.15) is 0 Å². The number of benzene rings is 2. The molecule has 2 aliphatic heterocycles. The number of anilines is 1. The highest BCUT2D eigenvalue weighted by Gasteiger charge is 2.31. The maximum Gasteiger partial charge on any atom is 0.241 e. The first-order valence-corrected chi connectivity index (χ1v) is 13.0. The molecule has 9 nitrogen and oxygen atoms in total. The van der Waals surface area contributed by atoms with Crippen LogP contribution in [0.5, 0.6) is 11.5 Å². The number of piperidine rings is 1. The minimum atomic E-state index is -0.0142. The van der Waals surface area contributed by atoms with Crippen LogP contribution in [0.3, 0.4) is 0 Å². The molecular formula is C27H32ClN5O4. The third kappa shape index (κ3) is 5.83. The van der Waals surface area contributed by atoms with E-state index in [1.165, 1.54) is 0 Å². The van der Waals surface area contributed by atoms with Crippen molar-refractivity contribution in [3.05, 3.63) is 53.4 Å². The topological polar surface area (TPSA) is 84.2 Å². The van der Waals surface area contributed by atoms with E-state index in [4.69, 9.17) is 25.6 Å². The molecule has 10 heteroatoms. The Hall–Kier alpha value is -3.30. The van der Waals surface area contributed by atoms with Crippen LogP contribution in [-0.2, 0) is 11.3 Å². The third-order valence-corrected chi connectivity index (χ3v) is 7.32. The second-order valence-electron chi connectivity index (χ2n) is 9.45. The molecule has 2 saturated heterocycles. The quantitative estimate of drug-likeness (QED) is 0.458. The van der Waals surface area contributed by atoms with E-state index in [0.29, 0.717) is 36.3 Å². The van der Waals surface area contributed by atoms with E-state index >= 15 is 0 Å². The van der Waals surface area contributed by atoms with Crippen molar-refractivity contribution in [3.63, 3.8) is 0 Å². The number of aromatic nitrogens is 2. The first-order chi connectivity index (χ1) is 18.0. The number of amides is 1. The summed E-state index contributed by atoms with van der Waals surface area (Å²) < 4.78 is 16.2. The molecule has 3 aromatic rings. The van der Waals surface area contributed by atoms with E-state index in [-0.39, 0.29) is 11.8 Å². The molecule has 0 bridgehead atoms. The van der Waals surface area contributed by atoms with E-state index in [0.717, 1.165) is 61.8 Å². The largest absolute Gasteiger partial charge is 0.493 e. The van der Waals surface area contributed by atoms with E-state index in [9.17, 15) is 4.79 Å². The minimum absolute atomic E-state index is 0.0142. The molecule has 2 aromatic carbocycles. The smallest absolute Gasteiger partial charge is 0.241 e.